The summed E-state index contributed by atoms with van der Waals surface area (Å²) in [6, 6.07) is 21.0. The topological polar surface area (TPSA) is 71.0 Å². The molecule has 0 aromatic heterocycles. The third kappa shape index (κ3) is 4.53. The van der Waals surface area contributed by atoms with Gasteiger partial charge in [-0.05, 0) is 23.6 Å². The van der Waals surface area contributed by atoms with Gasteiger partial charge in [0.05, 0.1) is 18.5 Å². The van der Waals surface area contributed by atoms with Gasteiger partial charge in [0.15, 0.2) is 5.17 Å². The minimum absolute atomic E-state index is 0.0315. The molecule has 162 valence electrons. The van der Waals surface area contributed by atoms with Gasteiger partial charge in [0.2, 0.25) is 11.8 Å². The van der Waals surface area contributed by atoms with Crippen LogP contribution in [0.15, 0.2) is 84.4 Å². The SMILES string of the molecule is C=CCN1C(=O)C(CC(=O)Nc2ccccc2OC)SC1=Nc1cccc2ccccc12. The first-order valence-electron chi connectivity index (χ1n) is 10.2. The molecule has 1 saturated heterocycles. The Bertz CT molecular complexity index is 1200. The van der Waals surface area contributed by atoms with Crippen molar-refractivity contribution < 1.29 is 14.3 Å². The number of benzene rings is 3. The fraction of sp³-hybridized carbons (Fsp3) is 0.160. The van der Waals surface area contributed by atoms with Gasteiger partial charge in [0.25, 0.3) is 0 Å². The first-order chi connectivity index (χ1) is 15.6. The quantitative estimate of drug-likeness (QED) is 0.520. The van der Waals surface area contributed by atoms with Crippen molar-refractivity contribution in [3.05, 3.63) is 79.4 Å². The molecule has 0 saturated carbocycles. The molecule has 0 aliphatic carbocycles. The molecule has 7 heteroatoms. The molecular weight excluding hydrogens is 422 g/mol. The summed E-state index contributed by atoms with van der Waals surface area (Å²) in [5.41, 5.74) is 1.36. The molecule has 1 fully saturated rings. The van der Waals surface area contributed by atoms with Crippen molar-refractivity contribution in [2.24, 2.45) is 4.99 Å². The van der Waals surface area contributed by atoms with Crippen LogP contribution in [0.4, 0.5) is 11.4 Å². The molecule has 1 N–H and O–H groups in total. The van der Waals surface area contributed by atoms with E-state index in [9.17, 15) is 9.59 Å². The molecule has 1 atom stereocenters. The van der Waals surface area contributed by atoms with Crippen LogP contribution in [-0.4, -0.2) is 40.8 Å². The van der Waals surface area contributed by atoms with Crippen LogP contribution in [0.1, 0.15) is 6.42 Å². The molecule has 1 heterocycles. The van der Waals surface area contributed by atoms with Crippen molar-refractivity contribution in [1.82, 2.24) is 4.90 Å². The van der Waals surface area contributed by atoms with E-state index in [0.717, 1.165) is 16.5 Å². The number of fused-ring (bicyclic) bond motifs is 1. The molecule has 3 aromatic rings. The van der Waals surface area contributed by atoms with Crippen LogP contribution in [0.2, 0.25) is 0 Å². The molecule has 2 amide bonds. The average molecular weight is 446 g/mol. The number of anilines is 1. The Morgan fingerprint density at radius 3 is 2.72 bits per heavy atom. The number of nitrogens with one attached hydrogen (secondary N) is 1. The number of rotatable bonds is 7. The second kappa shape index (κ2) is 9.70. The number of amidine groups is 1. The summed E-state index contributed by atoms with van der Waals surface area (Å²) in [6.07, 6.45) is 1.69. The van der Waals surface area contributed by atoms with Gasteiger partial charge in [-0.25, -0.2) is 4.99 Å². The number of amides is 2. The van der Waals surface area contributed by atoms with Crippen molar-refractivity contribution in [2.45, 2.75) is 11.7 Å². The van der Waals surface area contributed by atoms with Gasteiger partial charge >= 0.3 is 0 Å². The van der Waals surface area contributed by atoms with Gasteiger partial charge in [-0.3, -0.25) is 14.5 Å². The van der Waals surface area contributed by atoms with Gasteiger partial charge in [0, 0.05) is 18.4 Å². The molecule has 3 aromatic carbocycles. The molecule has 0 spiro atoms. The summed E-state index contributed by atoms with van der Waals surface area (Å²) in [6.45, 7) is 4.09. The number of thioether (sulfide) groups is 1. The van der Waals surface area contributed by atoms with Crippen molar-refractivity contribution in [1.29, 1.82) is 0 Å². The Hall–Kier alpha value is -3.58. The lowest BCUT2D eigenvalue weighted by Gasteiger charge is -2.14. The number of hydrogen-bond acceptors (Lipinski definition) is 5. The van der Waals surface area contributed by atoms with E-state index < -0.39 is 5.25 Å². The predicted octanol–water partition coefficient (Wildman–Crippen LogP) is 4.99. The first kappa shape index (κ1) is 21.6. The van der Waals surface area contributed by atoms with Crippen LogP contribution in [0.3, 0.4) is 0 Å². The standard InChI is InChI=1S/C25H23N3O3S/c1-3-15-28-24(30)22(16-23(29)26-20-12-6-7-14-21(20)31-2)32-25(28)27-19-13-8-10-17-9-4-5-11-18(17)19/h3-14,22H,1,15-16H2,2H3,(H,26,29). The number of ether oxygens (including phenoxy) is 1. The molecule has 4 rings (SSSR count). The van der Waals surface area contributed by atoms with Crippen molar-refractivity contribution in [3.63, 3.8) is 0 Å². The van der Waals surface area contributed by atoms with Crippen molar-refractivity contribution in [3.8, 4) is 5.75 Å². The maximum Gasteiger partial charge on any atom is 0.242 e. The van der Waals surface area contributed by atoms with E-state index in [1.807, 2.05) is 54.6 Å². The van der Waals surface area contributed by atoms with Crippen molar-refractivity contribution >= 4 is 50.9 Å². The van der Waals surface area contributed by atoms with Crippen molar-refractivity contribution in [2.75, 3.05) is 19.0 Å². The van der Waals surface area contributed by atoms with Gasteiger partial charge in [0.1, 0.15) is 11.0 Å². The third-order valence-corrected chi connectivity index (χ3v) is 6.24. The second-order valence-electron chi connectivity index (χ2n) is 7.19. The normalized spacial score (nSPS) is 17.0. The highest BCUT2D eigenvalue weighted by Crippen LogP contribution is 2.34. The zero-order valence-electron chi connectivity index (χ0n) is 17.7. The number of carbonyl (C=O) groups excluding carboxylic acids is 2. The number of methoxy groups -OCH3 is 1. The van der Waals surface area contributed by atoms with E-state index in [2.05, 4.69) is 11.9 Å². The number of nitrogens with zero attached hydrogens (tertiary/aromatic N) is 2. The fourth-order valence-corrected chi connectivity index (χ4v) is 4.71. The lowest BCUT2D eigenvalue weighted by atomic mass is 10.1. The van der Waals surface area contributed by atoms with Crippen LogP contribution in [0.5, 0.6) is 5.75 Å². The van der Waals surface area contributed by atoms with E-state index in [1.54, 1.807) is 30.2 Å². The maximum atomic E-state index is 13.0. The smallest absolute Gasteiger partial charge is 0.242 e. The van der Waals surface area contributed by atoms with Gasteiger partial charge in [-0.2, -0.15) is 0 Å². The third-order valence-electron chi connectivity index (χ3n) is 5.07. The summed E-state index contributed by atoms with van der Waals surface area (Å²) in [7, 11) is 1.55. The highest BCUT2D eigenvalue weighted by atomic mass is 32.2. The van der Waals surface area contributed by atoms with Crippen LogP contribution < -0.4 is 10.1 Å². The molecule has 1 aliphatic heterocycles. The van der Waals surface area contributed by atoms with Crippen LogP contribution in [0, 0.1) is 0 Å². The summed E-state index contributed by atoms with van der Waals surface area (Å²) < 4.78 is 5.28. The minimum Gasteiger partial charge on any atom is -0.495 e. The number of para-hydroxylation sites is 2. The zero-order chi connectivity index (χ0) is 22.5. The summed E-state index contributed by atoms with van der Waals surface area (Å²) >= 11 is 1.31. The molecule has 32 heavy (non-hydrogen) atoms. The Labute approximate surface area is 191 Å². The molecule has 1 aliphatic rings. The molecular formula is C25H23N3O3S. The highest BCUT2D eigenvalue weighted by Gasteiger charge is 2.38. The number of hydrogen-bond donors (Lipinski definition) is 1. The molecule has 1 unspecified atom stereocenters. The Morgan fingerprint density at radius 1 is 1.16 bits per heavy atom. The number of carbonyl (C=O) groups is 2. The van der Waals surface area contributed by atoms with Gasteiger partial charge in [-0.15, -0.1) is 6.58 Å². The van der Waals surface area contributed by atoms with Crippen LogP contribution in [-0.2, 0) is 9.59 Å². The zero-order valence-corrected chi connectivity index (χ0v) is 18.5. The van der Waals surface area contributed by atoms with E-state index >= 15 is 0 Å². The second-order valence-corrected chi connectivity index (χ2v) is 8.36. The predicted molar refractivity (Wildman–Crippen MR) is 131 cm³/mol. The lowest BCUT2D eigenvalue weighted by Crippen LogP contribution is -2.33. The average Bonchev–Trinajstić information content (AvgIpc) is 3.08. The Balaban J connectivity index is 1.56. The monoisotopic (exact) mass is 445 g/mol. The molecule has 6 nitrogen and oxygen atoms in total. The first-order valence-corrected chi connectivity index (χ1v) is 11.1. The van der Waals surface area contributed by atoms with Gasteiger partial charge < -0.3 is 10.1 Å². The van der Waals surface area contributed by atoms with E-state index in [1.165, 1.54) is 11.8 Å². The maximum absolute atomic E-state index is 13.0. The van der Waals surface area contributed by atoms with Crippen LogP contribution in [0.25, 0.3) is 10.8 Å². The Morgan fingerprint density at radius 2 is 1.91 bits per heavy atom. The largest absolute Gasteiger partial charge is 0.495 e. The van der Waals surface area contributed by atoms with Gasteiger partial charge in [-0.1, -0.05) is 66.4 Å². The lowest BCUT2D eigenvalue weighted by molar-refractivity contribution is -0.127. The Kier molecular flexibility index (Phi) is 6.56. The highest BCUT2D eigenvalue weighted by molar-refractivity contribution is 8.15. The van der Waals surface area contributed by atoms with E-state index in [4.69, 9.17) is 9.73 Å². The minimum atomic E-state index is -0.557. The summed E-state index contributed by atoms with van der Waals surface area (Å²) in [5.74, 6) is 0.159. The molecule has 0 radical (unpaired) electrons. The summed E-state index contributed by atoms with van der Waals surface area (Å²) in [4.78, 5) is 32.1. The molecule has 0 bridgehead atoms. The van der Waals surface area contributed by atoms with E-state index in [0.29, 0.717) is 23.1 Å². The fourth-order valence-electron chi connectivity index (χ4n) is 3.55. The van der Waals surface area contributed by atoms with Crippen LogP contribution >= 0.6 is 11.8 Å². The summed E-state index contributed by atoms with van der Waals surface area (Å²) in [5, 5.41) is 4.93. The van der Waals surface area contributed by atoms with E-state index in [-0.39, 0.29) is 18.2 Å². The number of aliphatic imine (C=N–C) groups is 1.